The van der Waals surface area contributed by atoms with Crippen LogP contribution < -0.4 is 5.73 Å². The van der Waals surface area contributed by atoms with E-state index in [0.717, 1.165) is 0 Å². The fourth-order valence-corrected chi connectivity index (χ4v) is 1.69. The molecule has 4 heteroatoms. The molecule has 0 fully saturated rings. The average Bonchev–Trinajstić information content (AvgIpc) is 2.12. The zero-order chi connectivity index (χ0) is 11.5. The van der Waals surface area contributed by atoms with Crippen molar-refractivity contribution in [3.63, 3.8) is 0 Å². The highest BCUT2D eigenvalue weighted by atomic mass is 35.5. The summed E-state index contributed by atoms with van der Waals surface area (Å²) in [5.74, 6) is -0.414. The fraction of sp³-hybridized carbons (Fsp3) is 0.455. The lowest BCUT2D eigenvalue weighted by atomic mass is 9.95. The molecule has 0 saturated heterocycles. The summed E-state index contributed by atoms with van der Waals surface area (Å²) in [6.07, 6.45) is 0.484. The number of ether oxygens (including phenoxy) is 1. The first-order chi connectivity index (χ1) is 6.96. The molecule has 0 saturated carbocycles. The van der Waals surface area contributed by atoms with Gasteiger partial charge in [-0.15, -0.1) is 0 Å². The largest absolute Gasteiger partial charge is 0.383 e. The van der Waals surface area contributed by atoms with Crippen molar-refractivity contribution >= 4 is 11.6 Å². The quantitative estimate of drug-likeness (QED) is 0.864. The van der Waals surface area contributed by atoms with Crippen molar-refractivity contribution in [3.8, 4) is 0 Å². The number of halogens is 2. The topological polar surface area (TPSA) is 35.2 Å². The van der Waals surface area contributed by atoms with Gasteiger partial charge in [0, 0.05) is 12.6 Å². The third kappa shape index (κ3) is 3.45. The van der Waals surface area contributed by atoms with Gasteiger partial charge in [0.15, 0.2) is 0 Å². The van der Waals surface area contributed by atoms with Crippen LogP contribution in [0.25, 0.3) is 0 Å². The van der Waals surface area contributed by atoms with Crippen molar-refractivity contribution in [1.82, 2.24) is 0 Å². The molecule has 2 nitrogen and oxygen atoms in total. The van der Waals surface area contributed by atoms with Crippen LogP contribution in [0.15, 0.2) is 18.2 Å². The summed E-state index contributed by atoms with van der Waals surface area (Å²) < 4.78 is 18.1. The Kier molecular flexibility index (Phi) is 4.08. The molecule has 0 aromatic heterocycles. The first kappa shape index (κ1) is 12.4. The minimum absolute atomic E-state index is 0.144. The Morgan fingerprint density at radius 3 is 2.80 bits per heavy atom. The van der Waals surface area contributed by atoms with Crippen LogP contribution in [0.1, 0.15) is 12.5 Å². The molecule has 0 radical (unpaired) electrons. The smallest absolute Gasteiger partial charge is 0.142 e. The highest BCUT2D eigenvalue weighted by Crippen LogP contribution is 2.23. The number of methoxy groups -OCH3 is 1. The summed E-state index contributed by atoms with van der Waals surface area (Å²) in [5.41, 5.74) is 6.14. The second-order valence-corrected chi connectivity index (χ2v) is 4.35. The van der Waals surface area contributed by atoms with Gasteiger partial charge in [-0.3, -0.25) is 0 Å². The van der Waals surface area contributed by atoms with Crippen molar-refractivity contribution in [3.05, 3.63) is 34.6 Å². The highest BCUT2D eigenvalue weighted by Gasteiger charge is 2.21. The summed E-state index contributed by atoms with van der Waals surface area (Å²) in [7, 11) is 1.58. The first-order valence-electron chi connectivity index (χ1n) is 4.67. The molecular weight excluding hydrogens is 217 g/mol. The third-order valence-electron chi connectivity index (χ3n) is 2.10. The predicted octanol–water partition coefficient (Wildman–Crippen LogP) is 2.39. The Balaban J connectivity index is 2.85. The van der Waals surface area contributed by atoms with Crippen LogP contribution in [0.4, 0.5) is 4.39 Å². The van der Waals surface area contributed by atoms with Crippen molar-refractivity contribution in [2.75, 3.05) is 13.7 Å². The van der Waals surface area contributed by atoms with Gasteiger partial charge < -0.3 is 10.5 Å². The number of hydrogen-bond acceptors (Lipinski definition) is 2. The molecule has 84 valence electrons. The first-order valence-corrected chi connectivity index (χ1v) is 5.05. The minimum Gasteiger partial charge on any atom is -0.383 e. The van der Waals surface area contributed by atoms with E-state index < -0.39 is 11.4 Å². The van der Waals surface area contributed by atoms with Gasteiger partial charge in [-0.1, -0.05) is 23.7 Å². The lowest BCUT2D eigenvalue weighted by molar-refractivity contribution is 0.141. The lowest BCUT2D eigenvalue weighted by Crippen LogP contribution is -2.43. The van der Waals surface area contributed by atoms with Gasteiger partial charge in [0.25, 0.3) is 0 Å². The van der Waals surface area contributed by atoms with Gasteiger partial charge in [-0.05, 0) is 25.0 Å². The summed E-state index contributed by atoms with van der Waals surface area (Å²) in [5, 5.41) is 0.144. The van der Waals surface area contributed by atoms with Crippen LogP contribution in [0.3, 0.4) is 0 Å². The number of nitrogens with two attached hydrogens (primary N) is 1. The van der Waals surface area contributed by atoms with E-state index in [0.29, 0.717) is 18.6 Å². The molecule has 0 heterocycles. The van der Waals surface area contributed by atoms with E-state index >= 15 is 0 Å². The number of rotatable bonds is 4. The number of benzene rings is 1. The monoisotopic (exact) mass is 231 g/mol. The zero-order valence-electron chi connectivity index (χ0n) is 8.89. The standard InChI is InChI=1S/C11H15ClFNO/c1-11(14,7-15-2)6-8-4-3-5-9(13)10(8)12/h3-5H,6-7,14H2,1-2H3. The van der Waals surface area contributed by atoms with E-state index in [1.807, 2.05) is 6.92 Å². The highest BCUT2D eigenvalue weighted by molar-refractivity contribution is 6.31. The van der Waals surface area contributed by atoms with Crippen molar-refractivity contribution in [2.45, 2.75) is 18.9 Å². The van der Waals surface area contributed by atoms with Crippen LogP contribution in [-0.2, 0) is 11.2 Å². The molecule has 0 aliphatic rings. The Morgan fingerprint density at radius 1 is 1.53 bits per heavy atom. The van der Waals surface area contributed by atoms with E-state index in [1.165, 1.54) is 6.07 Å². The van der Waals surface area contributed by atoms with E-state index in [1.54, 1.807) is 19.2 Å². The number of hydrogen-bond donors (Lipinski definition) is 1. The molecule has 0 amide bonds. The van der Waals surface area contributed by atoms with E-state index in [-0.39, 0.29) is 5.02 Å². The van der Waals surface area contributed by atoms with Crippen molar-refractivity contribution in [2.24, 2.45) is 5.73 Å². The maximum Gasteiger partial charge on any atom is 0.142 e. The maximum atomic E-state index is 13.1. The van der Waals surface area contributed by atoms with Gasteiger partial charge in [0.05, 0.1) is 11.6 Å². The van der Waals surface area contributed by atoms with E-state index in [2.05, 4.69) is 0 Å². The second-order valence-electron chi connectivity index (χ2n) is 3.98. The van der Waals surface area contributed by atoms with E-state index in [9.17, 15) is 4.39 Å². The summed E-state index contributed by atoms with van der Waals surface area (Å²) in [6.45, 7) is 2.25. The third-order valence-corrected chi connectivity index (χ3v) is 2.52. The van der Waals surface area contributed by atoms with Gasteiger partial charge in [-0.25, -0.2) is 4.39 Å². The van der Waals surface area contributed by atoms with Gasteiger partial charge >= 0.3 is 0 Å². The van der Waals surface area contributed by atoms with Crippen LogP contribution in [0.5, 0.6) is 0 Å². The summed E-state index contributed by atoms with van der Waals surface area (Å²) in [4.78, 5) is 0. The Hall–Kier alpha value is -0.640. The predicted molar refractivity (Wildman–Crippen MR) is 59.6 cm³/mol. The Labute approximate surface area is 94.2 Å². The van der Waals surface area contributed by atoms with E-state index in [4.69, 9.17) is 22.1 Å². The van der Waals surface area contributed by atoms with Crippen LogP contribution in [0.2, 0.25) is 5.02 Å². The maximum absolute atomic E-state index is 13.1. The van der Waals surface area contributed by atoms with Crippen molar-refractivity contribution < 1.29 is 9.13 Å². The summed E-state index contributed by atoms with van der Waals surface area (Å²) >= 11 is 5.83. The molecule has 0 spiro atoms. The molecule has 2 N–H and O–H groups in total. The molecule has 1 aromatic rings. The minimum atomic E-state index is -0.536. The second kappa shape index (κ2) is 4.92. The normalized spacial score (nSPS) is 15.0. The average molecular weight is 232 g/mol. The molecule has 0 bridgehead atoms. The van der Waals surface area contributed by atoms with Gasteiger partial charge in [0.1, 0.15) is 5.82 Å². The van der Waals surface area contributed by atoms with Gasteiger partial charge in [0.2, 0.25) is 0 Å². The van der Waals surface area contributed by atoms with Crippen LogP contribution in [0, 0.1) is 5.82 Å². The lowest BCUT2D eigenvalue weighted by Gasteiger charge is -2.24. The molecule has 1 aromatic carbocycles. The van der Waals surface area contributed by atoms with Crippen molar-refractivity contribution in [1.29, 1.82) is 0 Å². The van der Waals surface area contributed by atoms with Crippen LogP contribution >= 0.6 is 11.6 Å². The Bertz CT molecular complexity index is 341. The molecule has 15 heavy (non-hydrogen) atoms. The fourth-order valence-electron chi connectivity index (χ4n) is 1.50. The molecular formula is C11H15ClFNO. The van der Waals surface area contributed by atoms with Gasteiger partial charge in [-0.2, -0.15) is 0 Å². The van der Waals surface area contributed by atoms with Crippen LogP contribution in [-0.4, -0.2) is 19.3 Å². The Morgan fingerprint density at radius 2 is 2.20 bits per heavy atom. The zero-order valence-corrected chi connectivity index (χ0v) is 9.64. The molecule has 0 aliphatic heterocycles. The molecule has 1 rings (SSSR count). The summed E-state index contributed by atoms with van der Waals surface area (Å²) in [6, 6.07) is 4.72. The molecule has 1 atom stereocenters. The molecule has 1 unspecified atom stereocenters. The SMILES string of the molecule is COCC(C)(N)Cc1cccc(F)c1Cl. The molecule has 0 aliphatic carbocycles.